The van der Waals surface area contributed by atoms with Gasteiger partial charge in [0.05, 0.1) is 19.6 Å². The van der Waals surface area contributed by atoms with Crippen molar-refractivity contribution in [3.8, 4) is 5.75 Å². The first-order valence-electron chi connectivity index (χ1n) is 11.3. The molecule has 0 unspecified atom stereocenters. The normalized spacial score (nSPS) is 10.7. The molecule has 0 aliphatic carbocycles. The van der Waals surface area contributed by atoms with Crippen molar-refractivity contribution in [3.05, 3.63) is 60.2 Å². The zero-order chi connectivity index (χ0) is 23.9. The number of carbonyl (C=O) groups excluding carboxylic acids is 2. The number of nitrogens with one attached hydrogen (secondary N) is 1. The maximum Gasteiger partial charge on any atom is 0.322 e. The number of hydrogen-bond donors (Lipinski definition) is 1. The SMILES string of the molecule is CCOC(=O)CCNC(=O)N(CC(OCC)OCC)c1ccc(OCc2ccccc2)cc1. The maximum absolute atomic E-state index is 12.9. The summed E-state index contributed by atoms with van der Waals surface area (Å²) in [6.07, 6.45) is -0.482. The summed E-state index contributed by atoms with van der Waals surface area (Å²) in [4.78, 5) is 26.0. The van der Waals surface area contributed by atoms with Gasteiger partial charge in [-0.2, -0.15) is 0 Å². The van der Waals surface area contributed by atoms with E-state index in [0.29, 0.717) is 37.9 Å². The molecule has 8 nitrogen and oxygen atoms in total. The van der Waals surface area contributed by atoms with E-state index in [9.17, 15) is 9.59 Å². The number of esters is 1. The Morgan fingerprint density at radius 2 is 1.58 bits per heavy atom. The smallest absolute Gasteiger partial charge is 0.322 e. The van der Waals surface area contributed by atoms with Crippen molar-refractivity contribution in [1.29, 1.82) is 0 Å². The molecule has 0 aliphatic rings. The van der Waals surface area contributed by atoms with Gasteiger partial charge in [-0.25, -0.2) is 4.79 Å². The second-order valence-corrected chi connectivity index (χ2v) is 7.01. The lowest BCUT2D eigenvalue weighted by Crippen LogP contribution is -2.46. The highest BCUT2D eigenvalue weighted by atomic mass is 16.7. The average molecular weight is 459 g/mol. The molecule has 2 aromatic carbocycles. The summed E-state index contributed by atoms with van der Waals surface area (Å²) >= 11 is 0. The van der Waals surface area contributed by atoms with Gasteiger partial charge in [-0.05, 0) is 50.6 Å². The highest BCUT2D eigenvalue weighted by molar-refractivity contribution is 5.92. The summed E-state index contributed by atoms with van der Waals surface area (Å²) in [6, 6.07) is 16.8. The van der Waals surface area contributed by atoms with Crippen molar-refractivity contribution < 1.29 is 28.5 Å². The molecule has 2 aromatic rings. The van der Waals surface area contributed by atoms with Gasteiger partial charge >= 0.3 is 12.0 Å². The lowest BCUT2D eigenvalue weighted by molar-refractivity contribution is -0.142. The summed E-state index contributed by atoms with van der Waals surface area (Å²) in [5.74, 6) is 0.335. The van der Waals surface area contributed by atoms with Crippen LogP contribution in [-0.4, -0.2) is 51.2 Å². The molecule has 180 valence electrons. The van der Waals surface area contributed by atoms with Crippen molar-refractivity contribution >= 4 is 17.7 Å². The zero-order valence-corrected chi connectivity index (χ0v) is 19.6. The number of nitrogens with zero attached hydrogens (tertiary/aromatic N) is 1. The van der Waals surface area contributed by atoms with Gasteiger partial charge in [-0.1, -0.05) is 30.3 Å². The molecule has 0 aromatic heterocycles. The van der Waals surface area contributed by atoms with Crippen molar-refractivity contribution in [2.75, 3.05) is 37.8 Å². The van der Waals surface area contributed by atoms with E-state index in [1.165, 1.54) is 4.90 Å². The Morgan fingerprint density at radius 3 is 2.18 bits per heavy atom. The van der Waals surface area contributed by atoms with Crippen molar-refractivity contribution in [2.45, 2.75) is 40.1 Å². The van der Waals surface area contributed by atoms with E-state index >= 15 is 0 Å². The van der Waals surface area contributed by atoms with Crippen molar-refractivity contribution in [2.24, 2.45) is 0 Å². The predicted octanol–water partition coefficient (Wildman–Crippen LogP) is 4.13. The molecule has 0 atom stereocenters. The number of benzene rings is 2. The Hall–Kier alpha value is -3.10. The van der Waals surface area contributed by atoms with Crippen LogP contribution in [0.2, 0.25) is 0 Å². The van der Waals surface area contributed by atoms with E-state index in [0.717, 1.165) is 5.56 Å². The van der Waals surface area contributed by atoms with E-state index in [1.807, 2.05) is 56.3 Å². The lowest BCUT2D eigenvalue weighted by atomic mass is 10.2. The second-order valence-electron chi connectivity index (χ2n) is 7.01. The van der Waals surface area contributed by atoms with Gasteiger partial charge in [0.15, 0.2) is 6.29 Å². The van der Waals surface area contributed by atoms with Crippen LogP contribution in [0.1, 0.15) is 32.8 Å². The van der Waals surface area contributed by atoms with Crippen LogP contribution in [0, 0.1) is 0 Å². The third kappa shape index (κ3) is 9.51. The lowest BCUT2D eigenvalue weighted by Gasteiger charge is -2.28. The fourth-order valence-electron chi connectivity index (χ4n) is 3.04. The van der Waals surface area contributed by atoms with E-state index < -0.39 is 6.29 Å². The van der Waals surface area contributed by atoms with Gasteiger partial charge in [-0.15, -0.1) is 0 Å². The Labute approximate surface area is 195 Å². The zero-order valence-electron chi connectivity index (χ0n) is 19.6. The monoisotopic (exact) mass is 458 g/mol. The van der Waals surface area contributed by atoms with Crippen LogP contribution < -0.4 is 15.0 Å². The topological polar surface area (TPSA) is 86.3 Å². The number of anilines is 1. The fourth-order valence-corrected chi connectivity index (χ4v) is 3.04. The molecule has 0 saturated heterocycles. The minimum absolute atomic E-state index is 0.0973. The van der Waals surface area contributed by atoms with Crippen molar-refractivity contribution in [1.82, 2.24) is 5.32 Å². The quantitative estimate of drug-likeness (QED) is 0.338. The molecule has 1 N–H and O–H groups in total. The number of urea groups is 1. The molecule has 0 heterocycles. The van der Waals surface area contributed by atoms with Crippen LogP contribution in [0.25, 0.3) is 0 Å². The number of rotatable bonds is 14. The van der Waals surface area contributed by atoms with Gasteiger partial charge in [0.25, 0.3) is 0 Å². The Bertz CT molecular complexity index is 823. The van der Waals surface area contributed by atoms with E-state index in [1.54, 1.807) is 19.1 Å². The van der Waals surface area contributed by atoms with Crippen molar-refractivity contribution in [3.63, 3.8) is 0 Å². The number of hydrogen-bond acceptors (Lipinski definition) is 6. The second kappa shape index (κ2) is 14.9. The van der Waals surface area contributed by atoms with Gasteiger partial charge in [0.2, 0.25) is 0 Å². The average Bonchev–Trinajstić information content (AvgIpc) is 2.82. The molecular formula is C25H34N2O6. The summed E-state index contributed by atoms with van der Waals surface area (Å²) in [6.45, 7) is 7.51. The summed E-state index contributed by atoms with van der Waals surface area (Å²) in [5, 5.41) is 2.77. The van der Waals surface area contributed by atoms with Crippen LogP contribution in [0.5, 0.6) is 5.75 Å². The van der Waals surface area contributed by atoms with Crippen LogP contribution in [0.15, 0.2) is 54.6 Å². The van der Waals surface area contributed by atoms with Gasteiger partial charge < -0.3 is 24.3 Å². The molecule has 0 saturated carbocycles. The number of amides is 2. The first-order valence-corrected chi connectivity index (χ1v) is 11.3. The summed E-state index contributed by atoms with van der Waals surface area (Å²) in [7, 11) is 0. The minimum atomic E-state index is -0.579. The first-order chi connectivity index (χ1) is 16.1. The molecular weight excluding hydrogens is 424 g/mol. The molecule has 2 amide bonds. The summed E-state index contributed by atoms with van der Waals surface area (Å²) < 4.78 is 22.0. The molecule has 0 fully saturated rings. The van der Waals surface area contributed by atoms with Crippen LogP contribution in [-0.2, 0) is 25.6 Å². The standard InChI is InChI=1S/C25H34N2O6/c1-4-30-23(28)16-17-26-25(29)27(18-24(31-5-2)32-6-3)21-12-14-22(15-13-21)33-19-20-10-8-7-9-11-20/h7-15,24H,4-6,16-19H2,1-3H3,(H,26,29). The van der Waals surface area contributed by atoms with E-state index in [-0.39, 0.29) is 31.5 Å². The summed E-state index contributed by atoms with van der Waals surface area (Å²) in [5.41, 5.74) is 1.72. The number of carbonyl (C=O) groups is 2. The van der Waals surface area contributed by atoms with Crippen LogP contribution >= 0.6 is 0 Å². The Balaban J connectivity index is 2.07. The van der Waals surface area contributed by atoms with Gasteiger partial charge in [0.1, 0.15) is 12.4 Å². The highest BCUT2D eigenvalue weighted by Crippen LogP contribution is 2.21. The maximum atomic E-state index is 12.9. The van der Waals surface area contributed by atoms with Gasteiger partial charge in [0, 0.05) is 25.4 Å². The van der Waals surface area contributed by atoms with Gasteiger partial charge in [-0.3, -0.25) is 9.69 Å². The Kier molecular flexibility index (Phi) is 11.8. The predicted molar refractivity (Wildman–Crippen MR) is 126 cm³/mol. The molecule has 2 rings (SSSR count). The molecule has 0 aliphatic heterocycles. The van der Waals surface area contributed by atoms with Crippen LogP contribution in [0.3, 0.4) is 0 Å². The minimum Gasteiger partial charge on any atom is -0.489 e. The third-order valence-electron chi connectivity index (χ3n) is 4.59. The fraction of sp³-hybridized carbons (Fsp3) is 0.440. The third-order valence-corrected chi connectivity index (χ3v) is 4.59. The molecule has 0 radical (unpaired) electrons. The van der Waals surface area contributed by atoms with E-state index in [4.69, 9.17) is 18.9 Å². The molecule has 0 bridgehead atoms. The molecule has 0 spiro atoms. The van der Waals surface area contributed by atoms with Crippen LogP contribution in [0.4, 0.5) is 10.5 Å². The first kappa shape index (κ1) is 26.2. The largest absolute Gasteiger partial charge is 0.489 e. The highest BCUT2D eigenvalue weighted by Gasteiger charge is 2.21. The molecule has 33 heavy (non-hydrogen) atoms. The number of ether oxygens (including phenoxy) is 4. The van der Waals surface area contributed by atoms with E-state index in [2.05, 4.69) is 5.32 Å². The molecule has 8 heteroatoms. The Morgan fingerprint density at radius 1 is 0.909 bits per heavy atom.